The minimum absolute atomic E-state index is 0.0111. The maximum Gasteiger partial charge on any atom is 0.319 e. The van der Waals surface area contributed by atoms with Crippen LogP contribution >= 0.6 is 22.9 Å². The molecule has 0 bridgehead atoms. The molecule has 2 aromatic carbocycles. The normalized spacial score (nSPS) is 21.7. The first-order chi connectivity index (χ1) is 21.9. The summed E-state index contributed by atoms with van der Waals surface area (Å²) < 4.78 is 51.8. The molecule has 0 spiro atoms. The summed E-state index contributed by atoms with van der Waals surface area (Å²) in [6.45, 7) is 6.37. The lowest BCUT2D eigenvalue weighted by Gasteiger charge is -2.32. The number of rotatable bonds is 7. The molecule has 2 N–H and O–H groups in total. The second-order valence-corrected chi connectivity index (χ2v) is 13.2. The highest BCUT2D eigenvalue weighted by Crippen LogP contribution is 2.46. The third-order valence-corrected chi connectivity index (χ3v) is 10.4. The van der Waals surface area contributed by atoms with Gasteiger partial charge in [0.15, 0.2) is 5.82 Å². The summed E-state index contributed by atoms with van der Waals surface area (Å²) in [6, 6.07) is 5.30. The van der Waals surface area contributed by atoms with E-state index in [1.165, 1.54) is 24.3 Å². The Kier molecular flexibility index (Phi) is 8.47. The van der Waals surface area contributed by atoms with Gasteiger partial charge in [0.05, 0.1) is 21.3 Å². The molecule has 0 aliphatic carbocycles. The number of halogens is 4. The number of nitriles is 1. The molecule has 4 atom stereocenters. The van der Waals surface area contributed by atoms with Crippen LogP contribution in [0.2, 0.25) is 5.02 Å². The molecule has 4 aromatic rings. The molecule has 2 unspecified atom stereocenters. The fourth-order valence-corrected chi connectivity index (χ4v) is 7.90. The van der Waals surface area contributed by atoms with Crippen molar-refractivity contribution < 1.29 is 22.7 Å². The van der Waals surface area contributed by atoms with Crippen LogP contribution in [0.5, 0.6) is 6.01 Å². The van der Waals surface area contributed by atoms with E-state index in [4.69, 9.17) is 22.1 Å². The first-order valence-corrected chi connectivity index (χ1v) is 15.9. The second-order valence-electron chi connectivity index (χ2n) is 11.7. The van der Waals surface area contributed by atoms with Crippen molar-refractivity contribution >= 4 is 60.7 Å². The standard InChI is InChI=1S/C32H31ClF3N7O2S/c1-5-24(44)43-9-8-23(15(43)2)42(4)31-19-11-21(33)26(18-6-7-22(35)29-25(18)20(12-37)30(38)46-29)27(36)28(19)39-32(40-31)45-14-17-10-16(34)13-41(17)3/h5-7,11,15-17,23H,1,8-10,13-14,38H2,2-4H3/t15?,16-,17+,23?/m1/s1. The highest BCUT2D eigenvalue weighted by atomic mass is 35.5. The molecule has 2 aromatic heterocycles. The fraction of sp³-hybridized carbons (Fsp3) is 0.375. The third kappa shape index (κ3) is 5.28. The molecule has 2 aliphatic heterocycles. The summed E-state index contributed by atoms with van der Waals surface area (Å²) in [5.41, 5.74) is 6.05. The largest absolute Gasteiger partial charge is 0.462 e. The number of anilines is 2. The number of carbonyl (C=O) groups excluding carboxylic acids is 1. The van der Waals surface area contributed by atoms with E-state index >= 15 is 4.39 Å². The van der Waals surface area contributed by atoms with Crippen molar-refractivity contribution in [1.29, 1.82) is 5.26 Å². The fourth-order valence-electron chi connectivity index (χ4n) is 6.65. The van der Waals surface area contributed by atoms with Crippen molar-refractivity contribution in [3.05, 3.63) is 53.1 Å². The molecular weight excluding hydrogens is 639 g/mol. The van der Waals surface area contributed by atoms with E-state index in [0.29, 0.717) is 18.8 Å². The van der Waals surface area contributed by atoms with Crippen LogP contribution in [0.25, 0.3) is 32.1 Å². The van der Waals surface area contributed by atoms with Crippen molar-refractivity contribution in [3.63, 3.8) is 0 Å². The number of ether oxygens (including phenoxy) is 1. The molecule has 2 saturated heterocycles. The first kappa shape index (κ1) is 31.8. The third-order valence-electron chi connectivity index (χ3n) is 9.09. The van der Waals surface area contributed by atoms with Gasteiger partial charge < -0.3 is 20.3 Å². The van der Waals surface area contributed by atoms with Gasteiger partial charge in [-0.15, -0.1) is 11.3 Å². The number of aromatic nitrogens is 2. The van der Waals surface area contributed by atoms with Crippen LogP contribution in [0.1, 0.15) is 25.3 Å². The van der Waals surface area contributed by atoms with E-state index in [2.05, 4.69) is 16.5 Å². The van der Waals surface area contributed by atoms with Crippen molar-refractivity contribution in [2.45, 2.75) is 44.1 Å². The molecule has 0 saturated carbocycles. The number of amides is 1. The molecule has 1 amide bonds. The van der Waals surface area contributed by atoms with Crippen LogP contribution in [-0.4, -0.2) is 83.8 Å². The van der Waals surface area contributed by atoms with Gasteiger partial charge in [-0.25, -0.2) is 13.2 Å². The quantitative estimate of drug-likeness (QED) is 0.241. The Morgan fingerprint density at radius 1 is 1.37 bits per heavy atom. The number of fused-ring (bicyclic) bond motifs is 2. The van der Waals surface area contributed by atoms with E-state index < -0.39 is 17.8 Å². The van der Waals surface area contributed by atoms with Crippen molar-refractivity contribution in [3.8, 4) is 23.2 Å². The molecule has 0 radical (unpaired) electrons. The Morgan fingerprint density at radius 2 is 2.13 bits per heavy atom. The molecular formula is C32H31ClF3N7O2S. The number of hydrogen-bond donors (Lipinski definition) is 1. The zero-order chi connectivity index (χ0) is 33.0. The molecule has 2 aliphatic rings. The van der Waals surface area contributed by atoms with Gasteiger partial charge in [-0.05, 0) is 50.6 Å². The Morgan fingerprint density at radius 3 is 2.80 bits per heavy atom. The van der Waals surface area contributed by atoms with Gasteiger partial charge >= 0.3 is 6.01 Å². The van der Waals surface area contributed by atoms with Crippen molar-refractivity contribution in [2.24, 2.45) is 0 Å². The van der Waals surface area contributed by atoms with E-state index in [9.17, 15) is 18.8 Å². The number of alkyl halides is 1. The average Bonchev–Trinajstić information content (AvgIpc) is 3.69. The summed E-state index contributed by atoms with van der Waals surface area (Å²) in [5.74, 6) is -1.29. The topological polar surface area (TPSA) is 112 Å². The highest BCUT2D eigenvalue weighted by molar-refractivity contribution is 7.23. The molecule has 2 fully saturated rings. The van der Waals surface area contributed by atoms with Gasteiger partial charge in [0, 0.05) is 48.6 Å². The summed E-state index contributed by atoms with van der Waals surface area (Å²) in [5, 5.41) is 10.4. The molecule has 14 heteroatoms. The van der Waals surface area contributed by atoms with Crippen LogP contribution in [0.15, 0.2) is 30.9 Å². The first-order valence-electron chi connectivity index (χ1n) is 14.7. The van der Waals surface area contributed by atoms with Crippen LogP contribution in [-0.2, 0) is 4.79 Å². The zero-order valence-electron chi connectivity index (χ0n) is 25.4. The predicted molar refractivity (Wildman–Crippen MR) is 174 cm³/mol. The van der Waals surface area contributed by atoms with Gasteiger partial charge in [0.25, 0.3) is 0 Å². The SMILES string of the molecule is C=CC(=O)N1CCC(N(C)c2nc(OC[C@@H]3C[C@@H](F)CN3C)nc3c(F)c(-c4ccc(F)c5sc(N)c(C#N)c45)c(Cl)cc23)C1C. The maximum absolute atomic E-state index is 16.9. The maximum atomic E-state index is 16.9. The van der Waals surface area contributed by atoms with Gasteiger partial charge in [-0.1, -0.05) is 24.2 Å². The van der Waals surface area contributed by atoms with E-state index in [-0.39, 0.29) is 97.3 Å². The number of thiophene rings is 1. The van der Waals surface area contributed by atoms with Crippen LogP contribution < -0.4 is 15.4 Å². The molecule has 240 valence electrons. The van der Waals surface area contributed by atoms with Gasteiger partial charge in [-0.3, -0.25) is 9.69 Å². The van der Waals surface area contributed by atoms with E-state index in [0.717, 1.165) is 11.3 Å². The van der Waals surface area contributed by atoms with Gasteiger partial charge in [0.2, 0.25) is 5.91 Å². The highest BCUT2D eigenvalue weighted by Gasteiger charge is 2.37. The Hall–Kier alpha value is -4.12. The van der Waals surface area contributed by atoms with E-state index in [1.54, 1.807) is 19.0 Å². The molecule has 46 heavy (non-hydrogen) atoms. The second kappa shape index (κ2) is 12.2. The molecule has 9 nitrogen and oxygen atoms in total. The summed E-state index contributed by atoms with van der Waals surface area (Å²) in [4.78, 5) is 27.0. The average molecular weight is 670 g/mol. The Balaban J connectivity index is 1.52. The summed E-state index contributed by atoms with van der Waals surface area (Å²) >= 11 is 7.69. The predicted octanol–water partition coefficient (Wildman–Crippen LogP) is 5.93. The molecule has 4 heterocycles. The molecule has 6 rings (SSSR count). The van der Waals surface area contributed by atoms with Crippen molar-refractivity contribution in [1.82, 2.24) is 19.8 Å². The number of likely N-dealkylation sites (tertiary alicyclic amines) is 2. The summed E-state index contributed by atoms with van der Waals surface area (Å²) in [7, 11) is 3.60. The van der Waals surface area contributed by atoms with Crippen LogP contribution in [0, 0.1) is 23.0 Å². The monoisotopic (exact) mass is 669 g/mol. The lowest BCUT2D eigenvalue weighted by atomic mass is 9.97. The lowest BCUT2D eigenvalue weighted by molar-refractivity contribution is -0.126. The number of carbonyl (C=O) groups is 1. The number of nitrogens with two attached hydrogens (primary N) is 1. The lowest BCUT2D eigenvalue weighted by Crippen LogP contribution is -2.43. The van der Waals surface area contributed by atoms with E-state index in [1.807, 2.05) is 22.8 Å². The minimum Gasteiger partial charge on any atom is -0.462 e. The number of nitrogens with zero attached hydrogens (tertiary/aromatic N) is 6. The van der Waals surface area contributed by atoms with Gasteiger partial charge in [0.1, 0.15) is 41.0 Å². The minimum atomic E-state index is -0.984. The van der Waals surface area contributed by atoms with Crippen LogP contribution in [0.4, 0.5) is 24.0 Å². The number of hydrogen-bond acceptors (Lipinski definition) is 9. The van der Waals surface area contributed by atoms with Gasteiger partial charge in [-0.2, -0.15) is 15.2 Å². The Labute approximate surface area is 272 Å². The number of likely N-dealkylation sites (N-methyl/N-ethyl adjacent to an activating group) is 2. The smallest absolute Gasteiger partial charge is 0.319 e. The van der Waals surface area contributed by atoms with Crippen LogP contribution in [0.3, 0.4) is 0 Å². The van der Waals surface area contributed by atoms with Crippen molar-refractivity contribution in [2.75, 3.05) is 44.4 Å². The Bertz CT molecular complexity index is 1930. The summed E-state index contributed by atoms with van der Waals surface area (Å²) in [6.07, 6.45) is 1.18. The number of benzene rings is 2. The number of nitrogen functional groups attached to an aromatic ring is 1. The zero-order valence-corrected chi connectivity index (χ0v) is 26.9.